The van der Waals surface area contributed by atoms with Crippen molar-refractivity contribution in [3.63, 3.8) is 0 Å². The number of nitrogens with zero attached hydrogens (tertiary/aromatic N) is 3. The zero-order valence-electron chi connectivity index (χ0n) is 14.7. The topological polar surface area (TPSA) is 67.4 Å². The molecule has 0 aliphatic carbocycles. The summed E-state index contributed by atoms with van der Waals surface area (Å²) in [6, 6.07) is 9.50. The van der Waals surface area contributed by atoms with E-state index in [1.165, 1.54) is 0 Å². The molecule has 0 spiro atoms. The summed E-state index contributed by atoms with van der Waals surface area (Å²) in [5.41, 5.74) is 1.53. The van der Waals surface area contributed by atoms with E-state index in [1.54, 1.807) is 12.4 Å². The molecule has 2 aromatic heterocycles. The van der Waals surface area contributed by atoms with Crippen LogP contribution in [0.2, 0.25) is 0 Å². The summed E-state index contributed by atoms with van der Waals surface area (Å²) >= 11 is 0. The van der Waals surface area contributed by atoms with Crippen molar-refractivity contribution in [2.75, 3.05) is 24.5 Å². The number of carbonyl (C=O) groups excluding carboxylic acids is 1. The number of amides is 1. The van der Waals surface area contributed by atoms with Gasteiger partial charge >= 0.3 is 0 Å². The highest BCUT2D eigenvalue weighted by Gasteiger charge is 2.23. The SMILES string of the molecule is C[C@@H]1CN(c2ccc(C(=O)NCCc3ccccn3)cn2)C[C@@H](C)O1. The van der Waals surface area contributed by atoms with Crippen LogP contribution in [0.5, 0.6) is 0 Å². The van der Waals surface area contributed by atoms with Gasteiger partial charge in [0.2, 0.25) is 0 Å². The van der Waals surface area contributed by atoms with Gasteiger partial charge in [0.15, 0.2) is 0 Å². The predicted molar refractivity (Wildman–Crippen MR) is 96.7 cm³/mol. The third-order valence-corrected chi connectivity index (χ3v) is 4.15. The summed E-state index contributed by atoms with van der Waals surface area (Å²) in [6.07, 6.45) is 4.46. The van der Waals surface area contributed by atoms with E-state index in [1.807, 2.05) is 30.3 Å². The standard InChI is InChI=1S/C19H24N4O2/c1-14-12-23(13-15(2)25-14)18-7-6-16(11-22-18)19(24)21-10-8-17-5-3-4-9-20-17/h3-7,9,11,14-15H,8,10,12-13H2,1-2H3,(H,21,24)/t14-,15-/m1/s1. The summed E-state index contributed by atoms with van der Waals surface area (Å²) in [5.74, 6) is 0.769. The normalized spacial score (nSPS) is 20.3. The first kappa shape index (κ1) is 17.4. The predicted octanol–water partition coefficient (Wildman–Crippen LogP) is 2.06. The average Bonchev–Trinajstić information content (AvgIpc) is 2.62. The van der Waals surface area contributed by atoms with Crippen molar-refractivity contribution in [1.29, 1.82) is 0 Å². The summed E-state index contributed by atoms with van der Waals surface area (Å²) in [6.45, 7) is 6.30. The highest BCUT2D eigenvalue weighted by Crippen LogP contribution is 2.18. The van der Waals surface area contributed by atoms with Gasteiger partial charge in [-0.25, -0.2) is 4.98 Å². The molecule has 0 aromatic carbocycles. The van der Waals surface area contributed by atoms with Crippen LogP contribution in [-0.4, -0.2) is 47.7 Å². The van der Waals surface area contributed by atoms with Crippen molar-refractivity contribution >= 4 is 11.7 Å². The van der Waals surface area contributed by atoms with Crippen LogP contribution in [-0.2, 0) is 11.2 Å². The number of ether oxygens (including phenoxy) is 1. The first-order valence-corrected chi connectivity index (χ1v) is 8.66. The van der Waals surface area contributed by atoms with E-state index in [0.29, 0.717) is 18.5 Å². The van der Waals surface area contributed by atoms with Crippen LogP contribution in [0.3, 0.4) is 0 Å². The van der Waals surface area contributed by atoms with E-state index in [0.717, 1.165) is 24.6 Å². The lowest BCUT2D eigenvalue weighted by atomic mass is 10.2. The molecular weight excluding hydrogens is 316 g/mol. The Labute approximate surface area is 148 Å². The van der Waals surface area contributed by atoms with Gasteiger partial charge in [0.1, 0.15) is 5.82 Å². The lowest BCUT2D eigenvalue weighted by Gasteiger charge is -2.36. The number of nitrogens with one attached hydrogen (secondary N) is 1. The summed E-state index contributed by atoms with van der Waals surface area (Å²) in [4.78, 5) is 23.1. The van der Waals surface area contributed by atoms with E-state index in [2.05, 4.69) is 34.0 Å². The molecule has 0 radical (unpaired) electrons. The molecule has 132 valence electrons. The fraction of sp³-hybridized carbons (Fsp3) is 0.421. The third-order valence-electron chi connectivity index (χ3n) is 4.15. The van der Waals surface area contributed by atoms with Crippen molar-refractivity contribution in [1.82, 2.24) is 15.3 Å². The highest BCUT2D eigenvalue weighted by molar-refractivity contribution is 5.94. The van der Waals surface area contributed by atoms with Crippen molar-refractivity contribution in [2.24, 2.45) is 0 Å². The second kappa shape index (κ2) is 8.07. The molecular formula is C19H24N4O2. The molecule has 6 nitrogen and oxygen atoms in total. The highest BCUT2D eigenvalue weighted by atomic mass is 16.5. The molecule has 1 fully saturated rings. The van der Waals surface area contributed by atoms with Gasteiger partial charge in [-0.15, -0.1) is 0 Å². The van der Waals surface area contributed by atoms with Gasteiger partial charge in [-0.3, -0.25) is 9.78 Å². The van der Waals surface area contributed by atoms with Crippen molar-refractivity contribution in [3.8, 4) is 0 Å². The maximum Gasteiger partial charge on any atom is 0.252 e. The quantitative estimate of drug-likeness (QED) is 0.902. The molecule has 0 saturated carbocycles. The van der Waals surface area contributed by atoms with E-state index < -0.39 is 0 Å². The maximum absolute atomic E-state index is 12.2. The molecule has 25 heavy (non-hydrogen) atoms. The summed E-state index contributed by atoms with van der Waals surface area (Å²) in [7, 11) is 0. The number of rotatable bonds is 5. The molecule has 3 rings (SSSR count). The lowest BCUT2D eigenvalue weighted by molar-refractivity contribution is -0.00546. The molecule has 1 aliphatic heterocycles. The molecule has 1 N–H and O–H groups in total. The van der Waals surface area contributed by atoms with Crippen LogP contribution in [0, 0.1) is 0 Å². The zero-order valence-corrected chi connectivity index (χ0v) is 14.7. The Hall–Kier alpha value is -2.47. The minimum Gasteiger partial charge on any atom is -0.372 e. The molecule has 2 aromatic rings. The van der Waals surface area contributed by atoms with Crippen LogP contribution >= 0.6 is 0 Å². The minimum absolute atomic E-state index is 0.112. The van der Waals surface area contributed by atoms with Crippen molar-refractivity contribution in [2.45, 2.75) is 32.5 Å². The Balaban J connectivity index is 1.53. The van der Waals surface area contributed by atoms with Crippen LogP contribution < -0.4 is 10.2 Å². The van der Waals surface area contributed by atoms with Gasteiger partial charge in [-0.2, -0.15) is 0 Å². The number of aromatic nitrogens is 2. The van der Waals surface area contributed by atoms with Crippen LogP contribution in [0.25, 0.3) is 0 Å². The first-order valence-electron chi connectivity index (χ1n) is 8.66. The van der Waals surface area contributed by atoms with Crippen LogP contribution in [0.1, 0.15) is 29.9 Å². The molecule has 1 amide bonds. The van der Waals surface area contributed by atoms with Crippen molar-refractivity contribution in [3.05, 3.63) is 54.0 Å². The molecule has 1 saturated heterocycles. The maximum atomic E-state index is 12.2. The monoisotopic (exact) mass is 340 g/mol. The van der Waals surface area contributed by atoms with Gasteiger partial charge in [0.05, 0.1) is 17.8 Å². The molecule has 0 bridgehead atoms. The van der Waals surface area contributed by atoms with Crippen LogP contribution in [0.4, 0.5) is 5.82 Å². The average molecular weight is 340 g/mol. The number of hydrogen-bond acceptors (Lipinski definition) is 5. The Morgan fingerprint density at radius 3 is 2.64 bits per heavy atom. The fourth-order valence-electron chi connectivity index (χ4n) is 3.02. The fourth-order valence-corrected chi connectivity index (χ4v) is 3.02. The Morgan fingerprint density at radius 1 is 1.20 bits per heavy atom. The second-order valence-corrected chi connectivity index (χ2v) is 6.39. The largest absolute Gasteiger partial charge is 0.372 e. The van der Waals surface area contributed by atoms with Gasteiger partial charge in [-0.05, 0) is 38.1 Å². The van der Waals surface area contributed by atoms with E-state index >= 15 is 0 Å². The number of anilines is 1. The Kier molecular flexibility index (Phi) is 5.60. The van der Waals surface area contributed by atoms with E-state index in [-0.39, 0.29) is 18.1 Å². The lowest BCUT2D eigenvalue weighted by Crippen LogP contribution is -2.45. The van der Waals surface area contributed by atoms with Gasteiger partial charge in [0.25, 0.3) is 5.91 Å². The molecule has 3 heterocycles. The Bertz CT molecular complexity index is 680. The molecule has 2 atom stereocenters. The minimum atomic E-state index is -0.112. The van der Waals surface area contributed by atoms with Crippen LogP contribution in [0.15, 0.2) is 42.7 Å². The van der Waals surface area contributed by atoms with E-state index in [4.69, 9.17) is 4.74 Å². The number of hydrogen-bond donors (Lipinski definition) is 1. The molecule has 6 heteroatoms. The summed E-state index contributed by atoms with van der Waals surface area (Å²) in [5, 5.41) is 2.91. The first-order chi connectivity index (χ1) is 12.1. The Morgan fingerprint density at radius 2 is 2.00 bits per heavy atom. The smallest absolute Gasteiger partial charge is 0.252 e. The second-order valence-electron chi connectivity index (χ2n) is 6.39. The number of carbonyl (C=O) groups is 1. The molecule has 0 unspecified atom stereocenters. The summed E-state index contributed by atoms with van der Waals surface area (Å²) < 4.78 is 5.74. The van der Waals surface area contributed by atoms with Gasteiger partial charge < -0.3 is 15.0 Å². The molecule has 1 aliphatic rings. The van der Waals surface area contributed by atoms with Gasteiger partial charge in [-0.1, -0.05) is 6.07 Å². The number of morpholine rings is 1. The third kappa shape index (κ3) is 4.76. The van der Waals surface area contributed by atoms with E-state index in [9.17, 15) is 4.79 Å². The zero-order chi connectivity index (χ0) is 17.6. The van der Waals surface area contributed by atoms with Gasteiger partial charge in [0, 0.05) is 44.1 Å². The van der Waals surface area contributed by atoms with Crippen molar-refractivity contribution < 1.29 is 9.53 Å². The number of pyridine rings is 2.